The highest BCUT2D eigenvalue weighted by Gasteiger charge is 2.38. The van der Waals surface area contributed by atoms with Gasteiger partial charge in [-0.3, -0.25) is 4.79 Å². The summed E-state index contributed by atoms with van der Waals surface area (Å²) < 4.78 is 1.11. The van der Waals surface area contributed by atoms with Crippen LogP contribution in [0.2, 0.25) is 0 Å². The number of thiophene rings is 1. The van der Waals surface area contributed by atoms with Crippen molar-refractivity contribution >= 4 is 33.2 Å². The molecule has 1 aromatic rings. The Labute approximate surface area is 95.8 Å². The molecule has 0 aliphatic heterocycles. The SMILES string of the molecule is C[C@H]1C[C@@H]1C(=O)NCc1ccsc1Br. The lowest BCUT2D eigenvalue weighted by Crippen LogP contribution is -2.24. The highest BCUT2D eigenvalue weighted by atomic mass is 79.9. The Morgan fingerprint density at radius 2 is 2.50 bits per heavy atom. The van der Waals surface area contributed by atoms with E-state index in [1.165, 1.54) is 0 Å². The van der Waals surface area contributed by atoms with Crippen LogP contribution in [0.25, 0.3) is 0 Å². The van der Waals surface area contributed by atoms with Crippen molar-refractivity contribution in [2.45, 2.75) is 19.9 Å². The second-order valence-corrected chi connectivity index (χ2v) is 5.99. The number of carbonyl (C=O) groups is 1. The topological polar surface area (TPSA) is 29.1 Å². The zero-order valence-corrected chi connectivity index (χ0v) is 10.3. The van der Waals surface area contributed by atoms with Gasteiger partial charge in [-0.15, -0.1) is 11.3 Å². The zero-order valence-electron chi connectivity index (χ0n) is 7.92. The molecule has 1 saturated carbocycles. The fourth-order valence-corrected chi connectivity index (χ4v) is 2.69. The van der Waals surface area contributed by atoms with Crippen molar-refractivity contribution in [3.8, 4) is 0 Å². The fourth-order valence-electron chi connectivity index (χ4n) is 1.45. The highest BCUT2D eigenvalue weighted by Crippen LogP contribution is 2.37. The second kappa shape index (κ2) is 4.03. The maximum atomic E-state index is 11.5. The molecule has 0 bridgehead atoms. The summed E-state index contributed by atoms with van der Waals surface area (Å²) in [6.45, 7) is 2.76. The quantitative estimate of drug-likeness (QED) is 0.902. The number of hydrogen-bond donors (Lipinski definition) is 1. The Balaban J connectivity index is 1.83. The summed E-state index contributed by atoms with van der Waals surface area (Å²) in [5.41, 5.74) is 1.16. The lowest BCUT2D eigenvalue weighted by Gasteiger charge is -2.02. The summed E-state index contributed by atoms with van der Waals surface area (Å²) in [5.74, 6) is 1.06. The molecule has 1 aliphatic carbocycles. The molecule has 76 valence electrons. The normalized spacial score (nSPS) is 24.7. The lowest BCUT2D eigenvalue weighted by atomic mass is 10.3. The minimum absolute atomic E-state index is 0.204. The Morgan fingerprint density at radius 1 is 1.79 bits per heavy atom. The van der Waals surface area contributed by atoms with Crippen LogP contribution in [0.5, 0.6) is 0 Å². The Hall–Kier alpha value is -0.350. The number of hydrogen-bond acceptors (Lipinski definition) is 2. The van der Waals surface area contributed by atoms with Crippen molar-refractivity contribution in [1.82, 2.24) is 5.32 Å². The molecule has 0 aromatic carbocycles. The molecule has 1 aromatic heterocycles. The van der Waals surface area contributed by atoms with Crippen LogP contribution in [0.4, 0.5) is 0 Å². The molecule has 4 heteroatoms. The van der Waals surface area contributed by atoms with Crippen LogP contribution >= 0.6 is 27.3 Å². The molecular formula is C10H12BrNOS. The van der Waals surface area contributed by atoms with Gasteiger partial charge < -0.3 is 5.32 Å². The van der Waals surface area contributed by atoms with Crippen LogP contribution in [0.3, 0.4) is 0 Å². The molecule has 0 unspecified atom stereocenters. The van der Waals surface area contributed by atoms with Gasteiger partial charge in [-0.05, 0) is 45.3 Å². The van der Waals surface area contributed by atoms with Gasteiger partial charge >= 0.3 is 0 Å². The zero-order chi connectivity index (χ0) is 10.1. The number of carbonyl (C=O) groups excluding carboxylic acids is 1. The molecule has 1 fully saturated rings. The van der Waals surface area contributed by atoms with Gasteiger partial charge in [0.1, 0.15) is 0 Å². The smallest absolute Gasteiger partial charge is 0.223 e. The maximum absolute atomic E-state index is 11.5. The first-order chi connectivity index (χ1) is 6.68. The largest absolute Gasteiger partial charge is 0.352 e. The van der Waals surface area contributed by atoms with Crippen molar-refractivity contribution in [3.63, 3.8) is 0 Å². The van der Waals surface area contributed by atoms with Crippen molar-refractivity contribution in [3.05, 3.63) is 20.8 Å². The molecule has 1 N–H and O–H groups in total. The van der Waals surface area contributed by atoms with Crippen LogP contribution in [0.1, 0.15) is 18.9 Å². The van der Waals surface area contributed by atoms with E-state index in [0.717, 1.165) is 15.8 Å². The summed E-state index contributed by atoms with van der Waals surface area (Å²) in [6.07, 6.45) is 1.05. The van der Waals surface area contributed by atoms with Gasteiger partial charge in [0.25, 0.3) is 0 Å². The van der Waals surface area contributed by atoms with Crippen LogP contribution in [0, 0.1) is 11.8 Å². The first-order valence-electron chi connectivity index (χ1n) is 4.68. The van der Waals surface area contributed by atoms with Crippen LogP contribution in [-0.4, -0.2) is 5.91 Å². The van der Waals surface area contributed by atoms with E-state index in [2.05, 4.69) is 28.2 Å². The first-order valence-corrected chi connectivity index (χ1v) is 6.35. The summed E-state index contributed by atoms with van der Waals surface area (Å²) in [6, 6.07) is 2.03. The molecule has 1 aliphatic rings. The summed E-state index contributed by atoms with van der Waals surface area (Å²) >= 11 is 5.09. The molecule has 2 nitrogen and oxygen atoms in total. The van der Waals surface area contributed by atoms with E-state index in [0.29, 0.717) is 12.5 Å². The Morgan fingerprint density at radius 3 is 3.00 bits per heavy atom. The first kappa shape index (κ1) is 10.2. The number of nitrogens with one attached hydrogen (secondary N) is 1. The van der Waals surface area contributed by atoms with Gasteiger partial charge in [0.05, 0.1) is 3.79 Å². The summed E-state index contributed by atoms with van der Waals surface area (Å²) in [5, 5.41) is 4.98. The minimum atomic E-state index is 0.204. The third-order valence-corrected chi connectivity index (χ3v) is 4.40. The molecule has 1 amide bonds. The van der Waals surface area contributed by atoms with Gasteiger partial charge in [0.2, 0.25) is 5.91 Å². The molecule has 0 radical (unpaired) electrons. The van der Waals surface area contributed by atoms with E-state index < -0.39 is 0 Å². The van der Waals surface area contributed by atoms with Gasteiger partial charge in [-0.25, -0.2) is 0 Å². The molecule has 1 heterocycles. The Bertz CT molecular complexity index is 350. The van der Waals surface area contributed by atoms with Crippen molar-refractivity contribution < 1.29 is 4.79 Å². The highest BCUT2D eigenvalue weighted by molar-refractivity contribution is 9.11. The van der Waals surface area contributed by atoms with Gasteiger partial charge in [-0.1, -0.05) is 6.92 Å². The van der Waals surface area contributed by atoms with Gasteiger partial charge in [0, 0.05) is 12.5 Å². The van der Waals surface area contributed by atoms with E-state index >= 15 is 0 Å². The summed E-state index contributed by atoms with van der Waals surface area (Å²) in [7, 11) is 0. The van der Waals surface area contributed by atoms with Crippen LogP contribution in [0.15, 0.2) is 15.2 Å². The lowest BCUT2D eigenvalue weighted by molar-refractivity contribution is -0.122. The van der Waals surface area contributed by atoms with E-state index in [1.54, 1.807) is 11.3 Å². The summed E-state index contributed by atoms with van der Waals surface area (Å²) in [4.78, 5) is 11.5. The average molecular weight is 274 g/mol. The van der Waals surface area contributed by atoms with Crippen molar-refractivity contribution in [1.29, 1.82) is 0 Å². The van der Waals surface area contributed by atoms with Gasteiger partial charge in [0.15, 0.2) is 0 Å². The average Bonchev–Trinajstić information content (AvgIpc) is 2.74. The third kappa shape index (κ3) is 2.17. The van der Waals surface area contributed by atoms with Crippen LogP contribution < -0.4 is 5.32 Å². The molecule has 0 saturated heterocycles. The van der Waals surface area contributed by atoms with Crippen molar-refractivity contribution in [2.24, 2.45) is 11.8 Å². The van der Waals surface area contributed by atoms with E-state index in [1.807, 2.05) is 11.4 Å². The van der Waals surface area contributed by atoms with Gasteiger partial charge in [-0.2, -0.15) is 0 Å². The van der Waals surface area contributed by atoms with Crippen molar-refractivity contribution in [2.75, 3.05) is 0 Å². The molecule has 0 spiro atoms. The number of amides is 1. The van der Waals surface area contributed by atoms with E-state index in [4.69, 9.17) is 0 Å². The predicted octanol–water partition coefficient (Wildman–Crippen LogP) is 2.78. The number of rotatable bonds is 3. The van der Waals surface area contributed by atoms with E-state index in [9.17, 15) is 4.79 Å². The van der Waals surface area contributed by atoms with Crippen LogP contribution in [-0.2, 0) is 11.3 Å². The molecule has 14 heavy (non-hydrogen) atoms. The predicted molar refractivity (Wildman–Crippen MR) is 61.1 cm³/mol. The molecular weight excluding hydrogens is 262 g/mol. The van der Waals surface area contributed by atoms with E-state index in [-0.39, 0.29) is 11.8 Å². The molecule has 2 rings (SSSR count). The monoisotopic (exact) mass is 273 g/mol. The fraction of sp³-hybridized carbons (Fsp3) is 0.500. The second-order valence-electron chi connectivity index (χ2n) is 3.76. The maximum Gasteiger partial charge on any atom is 0.223 e. The standard InChI is InChI=1S/C10H12BrNOS/c1-6-4-8(6)10(13)12-5-7-2-3-14-9(7)11/h2-3,6,8H,4-5H2,1H3,(H,12,13)/t6-,8-/m0/s1. The third-order valence-electron chi connectivity index (χ3n) is 2.59. The minimum Gasteiger partial charge on any atom is -0.352 e. The number of halogens is 1. The molecule has 2 atom stereocenters. The Kier molecular flexibility index (Phi) is 2.93.